The Hall–Kier alpha value is -2.10. The van der Waals surface area contributed by atoms with E-state index in [0.29, 0.717) is 5.82 Å². The van der Waals surface area contributed by atoms with Gasteiger partial charge in [-0.1, -0.05) is 32.0 Å². The van der Waals surface area contributed by atoms with E-state index in [1.54, 1.807) is 0 Å². The summed E-state index contributed by atoms with van der Waals surface area (Å²) < 4.78 is 4.80. The van der Waals surface area contributed by atoms with Crippen molar-refractivity contribution >= 4 is 22.7 Å². The summed E-state index contributed by atoms with van der Waals surface area (Å²) in [7, 11) is 1.40. The van der Waals surface area contributed by atoms with Crippen molar-refractivity contribution in [1.82, 2.24) is 4.98 Å². The van der Waals surface area contributed by atoms with Crippen LogP contribution >= 0.6 is 0 Å². The Morgan fingerprint density at radius 3 is 2.63 bits per heavy atom. The molecule has 0 aliphatic heterocycles. The highest BCUT2D eigenvalue weighted by molar-refractivity contribution is 5.82. The molecule has 0 amide bonds. The van der Waals surface area contributed by atoms with Gasteiger partial charge in [-0.15, -0.1) is 0 Å². The Morgan fingerprint density at radius 1 is 1.21 bits per heavy atom. The lowest BCUT2D eigenvalue weighted by Gasteiger charge is -2.20. The minimum atomic E-state index is -0.390. The van der Waals surface area contributed by atoms with Crippen LogP contribution in [0.15, 0.2) is 36.4 Å². The number of hydrogen-bond donors (Lipinski definition) is 1. The van der Waals surface area contributed by atoms with Crippen LogP contribution in [0.5, 0.6) is 0 Å². The van der Waals surface area contributed by atoms with Gasteiger partial charge in [0.15, 0.2) is 0 Å². The molecule has 0 saturated carbocycles. The molecule has 1 atom stereocenters. The van der Waals surface area contributed by atoms with E-state index >= 15 is 0 Å². The maximum absolute atomic E-state index is 11.7. The van der Waals surface area contributed by atoms with Gasteiger partial charge < -0.3 is 10.1 Å². The van der Waals surface area contributed by atoms with Crippen molar-refractivity contribution in [3.63, 3.8) is 0 Å². The van der Waals surface area contributed by atoms with E-state index in [1.807, 2.05) is 50.2 Å². The lowest BCUT2D eigenvalue weighted by Crippen LogP contribution is -2.35. The number of carbonyl (C=O) groups excluding carboxylic acids is 1. The monoisotopic (exact) mass is 258 g/mol. The first-order chi connectivity index (χ1) is 9.11. The fourth-order valence-corrected chi connectivity index (χ4v) is 1.93. The van der Waals surface area contributed by atoms with E-state index in [2.05, 4.69) is 10.3 Å². The number of pyridine rings is 1. The predicted molar refractivity (Wildman–Crippen MR) is 76.0 cm³/mol. The van der Waals surface area contributed by atoms with Gasteiger partial charge in [-0.2, -0.15) is 0 Å². The van der Waals surface area contributed by atoms with Crippen molar-refractivity contribution in [2.24, 2.45) is 5.92 Å². The van der Waals surface area contributed by atoms with Gasteiger partial charge in [0.1, 0.15) is 11.9 Å². The van der Waals surface area contributed by atoms with Crippen LogP contribution in [0.4, 0.5) is 5.82 Å². The Labute approximate surface area is 112 Å². The SMILES string of the molecule is COC(=O)[C@@H](Nc1ccc2ccccc2n1)C(C)C. The topological polar surface area (TPSA) is 51.2 Å². The third-order valence-corrected chi connectivity index (χ3v) is 3.02. The van der Waals surface area contributed by atoms with Crippen molar-refractivity contribution < 1.29 is 9.53 Å². The molecule has 0 radical (unpaired) electrons. The number of benzene rings is 1. The second-order valence-electron chi connectivity index (χ2n) is 4.78. The van der Waals surface area contributed by atoms with Crippen LogP contribution in [0.1, 0.15) is 13.8 Å². The predicted octanol–water partition coefficient (Wildman–Crippen LogP) is 2.84. The van der Waals surface area contributed by atoms with E-state index in [-0.39, 0.29) is 11.9 Å². The molecule has 0 aliphatic rings. The molecule has 1 N–H and O–H groups in total. The fraction of sp³-hybridized carbons (Fsp3) is 0.333. The van der Waals surface area contributed by atoms with Crippen LogP contribution < -0.4 is 5.32 Å². The number of anilines is 1. The minimum absolute atomic E-state index is 0.126. The zero-order valence-electron chi connectivity index (χ0n) is 11.4. The number of aromatic nitrogens is 1. The number of rotatable bonds is 4. The lowest BCUT2D eigenvalue weighted by molar-refractivity contribution is -0.142. The number of nitrogens with zero attached hydrogens (tertiary/aromatic N) is 1. The molecule has 4 heteroatoms. The van der Waals surface area contributed by atoms with Crippen LogP contribution in [0.2, 0.25) is 0 Å². The first kappa shape index (κ1) is 13.3. The van der Waals surface area contributed by atoms with E-state index in [9.17, 15) is 4.79 Å². The Morgan fingerprint density at radius 2 is 1.95 bits per heavy atom. The summed E-state index contributed by atoms with van der Waals surface area (Å²) in [5.74, 6) is 0.536. The summed E-state index contributed by atoms with van der Waals surface area (Å²) in [6, 6.07) is 11.3. The molecule has 4 nitrogen and oxygen atoms in total. The summed E-state index contributed by atoms with van der Waals surface area (Å²) in [6.45, 7) is 3.94. The summed E-state index contributed by atoms with van der Waals surface area (Å²) in [5.41, 5.74) is 0.903. The van der Waals surface area contributed by atoms with E-state index < -0.39 is 6.04 Å². The molecule has 0 unspecified atom stereocenters. The molecule has 0 fully saturated rings. The molecule has 100 valence electrons. The van der Waals surface area contributed by atoms with Gasteiger partial charge in [-0.3, -0.25) is 0 Å². The fourth-order valence-electron chi connectivity index (χ4n) is 1.93. The molecule has 19 heavy (non-hydrogen) atoms. The first-order valence-electron chi connectivity index (χ1n) is 6.32. The van der Waals surface area contributed by atoms with Crippen LogP contribution in [0.3, 0.4) is 0 Å². The zero-order chi connectivity index (χ0) is 13.8. The lowest BCUT2D eigenvalue weighted by atomic mass is 10.0. The molecule has 0 spiro atoms. The van der Waals surface area contributed by atoms with Crippen molar-refractivity contribution in [2.75, 3.05) is 12.4 Å². The van der Waals surface area contributed by atoms with Crippen LogP contribution in [0.25, 0.3) is 10.9 Å². The van der Waals surface area contributed by atoms with Crippen LogP contribution in [-0.2, 0) is 9.53 Å². The largest absolute Gasteiger partial charge is 0.467 e. The summed E-state index contributed by atoms with van der Waals surface area (Å²) in [6.07, 6.45) is 0. The summed E-state index contributed by atoms with van der Waals surface area (Å²) in [5, 5.41) is 4.21. The summed E-state index contributed by atoms with van der Waals surface area (Å²) >= 11 is 0. The highest BCUT2D eigenvalue weighted by atomic mass is 16.5. The van der Waals surface area contributed by atoms with Crippen molar-refractivity contribution in [2.45, 2.75) is 19.9 Å². The first-order valence-corrected chi connectivity index (χ1v) is 6.32. The molecule has 1 aromatic carbocycles. The molecule has 0 saturated heterocycles. The van der Waals surface area contributed by atoms with Gasteiger partial charge in [0, 0.05) is 5.39 Å². The molecule has 0 aliphatic carbocycles. The van der Waals surface area contributed by atoms with E-state index in [1.165, 1.54) is 7.11 Å². The smallest absolute Gasteiger partial charge is 0.328 e. The number of hydrogen-bond acceptors (Lipinski definition) is 4. The number of ether oxygens (including phenoxy) is 1. The van der Waals surface area contributed by atoms with Crippen LogP contribution in [-0.4, -0.2) is 24.1 Å². The van der Waals surface area contributed by atoms with E-state index in [0.717, 1.165) is 10.9 Å². The Balaban J connectivity index is 2.26. The second-order valence-corrected chi connectivity index (χ2v) is 4.78. The Kier molecular flexibility index (Phi) is 4.00. The summed E-state index contributed by atoms with van der Waals surface area (Å²) in [4.78, 5) is 16.2. The molecular formula is C15H18N2O2. The number of methoxy groups -OCH3 is 1. The molecule has 1 heterocycles. The van der Waals surface area contributed by atoms with Crippen molar-refractivity contribution in [3.05, 3.63) is 36.4 Å². The minimum Gasteiger partial charge on any atom is -0.467 e. The zero-order valence-corrected chi connectivity index (χ0v) is 11.4. The Bertz CT molecular complexity index is 581. The second kappa shape index (κ2) is 5.69. The number of para-hydroxylation sites is 1. The van der Waals surface area contributed by atoms with Gasteiger partial charge in [0.25, 0.3) is 0 Å². The van der Waals surface area contributed by atoms with Crippen LogP contribution in [0, 0.1) is 5.92 Å². The van der Waals surface area contributed by atoms with Gasteiger partial charge in [0.2, 0.25) is 0 Å². The maximum atomic E-state index is 11.7. The third kappa shape index (κ3) is 3.02. The highest BCUT2D eigenvalue weighted by Crippen LogP contribution is 2.17. The van der Waals surface area contributed by atoms with Crippen molar-refractivity contribution in [3.8, 4) is 0 Å². The number of nitrogens with one attached hydrogen (secondary N) is 1. The highest BCUT2D eigenvalue weighted by Gasteiger charge is 2.23. The van der Waals surface area contributed by atoms with Gasteiger partial charge in [-0.25, -0.2) is 9.78 Å². The van der Waals surface area contributed by atoms with Gasteiger partial charge >= 0.3 is 5.97 Å². The third-order valence-electron chi connectivity index (χ3n) is 3.02. The van der Waals surface area contributed by atoms with Crippen molar-refractivity contribution in [1.29, 1.82) is 0 Å². The van der Waals surface area contributed by atoms with Gasteiger partial charge in [-0.05, 0) is 24.1 Å². The molecule has 2 aromatic rings. The molecular weight excluding hydrogens is 240 g/mol. The maximum Gasteiger partial charge on any atom is 0.328 e. The standard InChI is InChI=1S/C15H18N2O2/c1-10(2)14(15(18)19-3)17-13-9-8-11-6-4-5-7-12(11)16-13/h4-10,14H,1-3H3,(H,16,17)/t14-/m0/s1. The number of carbonyl (C=O) groups is 1. The average molecular weight is 258 g/mol. The molecule has 2 rings (SSSR count). The molecule has 0 bridgehead atoms. The number of esters is 1. The number of fused-ring (bicyclic) bond motifs is 1. The molecule has 1 aromatic heterocycles. The van der Waals surface area contributed by atoms with Gasteiger partial charge in [0.05, 0.1) is 12.6 Å². The quantitative estimate of drug-likeness (QED) is 0.857. The average Bonchev–Trinajstić information content (AvgIpc) is 2.43. The van der Waals surface area contributed by atoms with E-state index in [4.69, 9.17) is 4.74 Å². The normalized spacial score (nSPS) is 12.4.